The van der Waals surface area contributed by atoms with Crippen LogP contribution in [0.2, 0.25) is 5.02 Å². The van der Waals surface area contributed by atoms with Crippen molar-refractivity contribution < 1.29 is 22.4 Å². The summed E-state index contributed by atoms with van der Waals surface area (Å²) in [4.78, 5) is 28.2. The summed E-state index contributed by atoms with van der Waals surface area (Å²) in [5, 5.41) is 3.35. The Morgan fingerprint density at radius 2 is 1.71 bits per heavy atom. The molecule has 0 spiro atoms. The summed E-state index contributed by atoms with van der Waals surface area (Å²) in [5.41, 5.74) is 1.32. The van der Waals surface area contributed by atoms with Crippen LogP contribution in [0, 0.1) is 0 Å². The first kappa shape index (κ1) is 25.5. The average molecular weight is 504 g/mol. The van der Waals surface area contributed by atoms with Crippen molar-refractivity contribution in [3.8, 4) is 0 Å². The van der Waals surface area contributed by atoms with Crippen LogP contribution in [0.3, 0.4) is 0 Å². The van der Waals surface area contributed by atoms with Crippen molar-refractivity contribution in [2.24, 2.45) is 0 Å². The molecular weight excluding hydrogens is 478 g/mol. The average Bonchev–Trinajstić information content (AvgIpc) is 3.32. The Morgan fingerprint density at radius 1 is 1.03 bits per heavy atom. The summed E-state index contributed by atoms with van der Waals surface area (Å²) >= 11 is 6.00. The molecule has 0 bridgehead atoms. The molecule has 0 saturated carbocycles. The Balaban J connectivity index is 1.97. The molecule has 0 aliphatic heterocycles. The first-order chi connectivity index (χ1) is 16.1. The summed E-state index contributed by atoms with van der Waals surface area (Å²) in [7, 11) is -2.28. The van der Waals surface area contributed by atoms with Crippen LogP contribution in [0.1, 0.15) is 22.9 Å². The van der Waals surface area contributed by atoms with Crippen LogP contribution in [0.15, 0.2) is 77.4 Å². The van der Waals surface area contributed by atoms with E-state index in [9.17, 15) is 18.0 Å². The van der Waals surface area contributed by atoms with E-state index in [0.29, 0.717) is 16.3 Å². The van der Waals surface area contributed by atoms with Gasteiger partial charge in [-0.2, -0.15) is 4.31 Å². The van der Waals surface area contributed by atoms with Gasteiger partial charge < -0.3 is 14.6 Å². The van der Waals surface area contributed by atoms with Gasteiger partial charge in [-0.1, -0.05) is 54.1 Å². The van der Waals surface area contributed by atoms with E-state index in [1.165, 1.54) is 18.2 Å². The third-order valence-electron chi connectivity index (χ3n) is 5.20. The summed E-state index contributed by atoms with van der Waals surface area (Å²) < 4.78 is 30.1. The molecule has 10 heteroatoms. The van der Waals surface area contributed by atoms with E-state index < -0.39 is 34.4 Å². The van der Waals surface area contributed by atoms with E-state index in [1.54, 1.807) is 60.7 Å². The molecule has 1 atom stereocenters. The lowest BCUT2D eigenvalue weighted by Gasteiger charge is -2.32. The normalized spacial score (nSPS) is 12.4. The minimum absolute atomic E-state index is 0.0708. The maximum atomic E-state index is 13.4. The molecule has 0 unspecified atom stereocenters. The molecule has 0 radical (unpaired) electrons. The molecule has 3 rings (SSSR count). The minimum atomic E-state index is -3.60. The van der Waals surface area contributed by atoms with Crippen molar-refractivity contribution in [1.82, 2.24) is 14.5 Å². The maximum absolute atomic E-state index is 13.4. The van der Waals surface area contributed by atoms with Crippen LogP contribution in [-0.4, -0.2) is 49.3 Å². The number of nitrogens with one attached hydrogen (secondary N) is 1. The summed E-state index contributed by atoms with van der Waals surface area (Å²) in [6.07, 6.45) is 2.53. The van der Waals surface area contributed by atoms with Crippen LogP contribution in [0.5, 0.6) is 0 Å². The number of rotatable bonds is 10. The lowest BCUT2D eigenvalue weighted by Crippen LogP contribution is -2.47. The monoisotopic (exact) mass is 503 g/mol. The SMILES string of the molecule is CN(CC(=O)N(Cc1ccc(Cl)cc1)[C@@H](C(=O)NCc1ccco1)c1ccccc1)S(C)(=O)=O. The molecule has 0 aliphatic carbocycles. The number of furan rings is 1. The molecule has 3 aromatic rings. The van der Waals surface area contributed by atoms with Gasteiger partial charge in [-0.15, -0.1) is 0 Å². The minimum Gasteiger partial charge on any atom is -0.467 e. The van der Waals surface area contributed by atoms with Crippen LogP contribution in [0.25, 0.3) is 0 Å². The van der Waals surface area contributed by atoms with Crippen LogP contribution < -0.4 is 5.32 Å². The zero-order valence-corrected chi connectivity index (χ0v) is 20.4. The molecule has 0 fully saturated rings. The van der Waals surface area contributed by atoms with E-state index >= 15 is 0 Å². The fraction of sp³-hybridized carbons (Fsp3) is 0.250. The second-order valence-corrected chi connectivity index (χ2v) is 10.3. The molecule has 2 amide bonds. The molecule has 1 aromatic heterocycles. The molecular formula is C24H26ClN3O5S. The number of amides is 2. The number of likely N-dealkylation sites (N-methyl/N-ethyl adjacent to an activating group) is 1. The number of carbonyl (C=O) groups excluding carboxylic acids is 2. The first-order valence-corrected chi connectivity index (χ1v) is 12.7. The zero-order valence-electron chi connectivity index (χ0n) is 18.8. The number of hydrogen-bond acceptors (Lipinski definition) is 5. The third-order valence-corrected chi connectivity index (χ3v) is 6.72. The molecule has 2 aromatic carbocycles. The Hall–Kier alpha value is -3.14. The lowest BCUT2D eigenvalue weighted by molar-refractivity contribution is -0.141. The zero-order chi connectivity index (χ0) is 24.7. The van der Waals surface area contributed by atoms with Crippen LogP contribution >= 0.6 is 11.6 Å². The van der Waals surface area contributed by atoms with Gasteiger partial charge in [-0.25, -0.2) is 8.42 Å². The van der Waals surface area contributed by atoms with Crippen LogP contribution in [0.4, 0.5) is 0 Å². The van der Waals surface area contributed by atoms with Crippen LogP contribution in [-0.2, 0) is 32.7 Å². The van der Waals surface area contributed by atoms with Gasteiger partial charge in [0.25, 0.3) is 0 Å². The van der Waals surface area contributed by atoms with Gasteiger partial charge in [0.05, 0.1) is 25.6 Å². The van der Waals surface area contributed by atoms with E-state index in [0.717, 1.165) is 16.1 Å². The standard InChI is InChI=1S/C24H26ClN3O5S/c1-27(34(2,31)32)17-22(29)28(16-18-10-12-20(25)13-11-18)23(19-7-4-3-5-8-19)24(30)26-15-21-9-6-14-33-21/h3-14,23H,15-17H2,1-2H3,(H,26,30)/t23-/m1/s1. The van der Waals surface area contributed by atoms with Crippen molar-refractivity contribution in [3.63, 3.8) is 0 Å². The Morgan fingerprint density at radius 3 is 2.29 bits per heavy atom. The van der Waals surface area contributed by atoms with Gasteiger partial charge in [0, 0.05) is 18.6 Å². The Labute approximate surface area is 204 Å². The van der Waals surface area contributed by atoms with E-state index in [2.05, 4.69) is 5.32 Å². The predicted octanol–water partition coefficient (Wildman–Crippen LogP) is 3.21. The highest BCUT2D eigenvalue weighted by Crippen LogP contribution is 2.25. The summed E-state index contributed by atoms with van der Waals surface area (Å²) in [6.45, 7) is -0.204. The fourth-order valence-corrected chi connectivity index (χ4v) is 3.77. The van der Waals surface area contributed by atoms with Crippen molar-refractivity contribution in [1.29, 1.82) is 0 Å². The second-order valence-electron chi connectivity index (χ2n) is 7.78. The van der Waals surface area contributed by atoms with Crippen molar-refractivity contribution in [3.05, 3.63) is 94.9 Å². The summed E-state index contributed by atoms with van der Waals surface area (Å²) in [6, 6.07) is 18.2. The number of carbonyl (C=O) groups is 2. The van der Waals surface area contributed by atoms with E-state index in [4.69, 9.17) is 16.0 Å². The van der Waals surface area contributed by atoms with Crippen molar-refractivity contribution in [2.75, 3.05) is 19.8 Å². The summed E-state index contributed by atoms with van der Waals surface area (Å²) in [5.74, 6) is -0.385. The van der Waals surface area contributed by atoms with E-state index in [1.807, 2.05) is 6.07 Å². The molecule has 8 nitrogen and oxygen atoms in total. The van der Waals surface area contributed by atoms with Crippen molar-refractivity contribution >= 4 is 33.4 Å². The molecule has 34 heavy (non-hydrogen) atoms. The second kappa shape index (κ2) is 11.3. The van der Waals surface area contributed by atoms with Gasteiger partial charge >= 0.3 is 0 Å². The highest BCUT2D eigenvalue weighted by molar-refractivity contribution is 7.88. The molecule has 0 saturated heterocycles. The van der Waals surface area contributed by atoms with Gasteiger partial charge in [-0.3, -0.25) is 9.59 Å². The first-order valence-electron chi connectivity index (χ1n) is 10.5. The quantitative estimate of drug-likeness (QED) is 0.458. The van der Waals surface area contributed by atoms with E-state index in [-0.39, 0.29) is 13.1 Å². The number of nitrogens with zero attached hydrogens (tertiary/aromatic N) is 2. The highest BCUT2D eigenvalue weighted by Gasteiger charge is 2.33. The topological polar surface area (TPSA) is 99.9 Å². The Bertz CT molecular complexity index is 1200. The smallest absolute Gasteiger partial charge is 0.247 e. The maximum Gasteiger partial charge on any atom is 0.247 e. The highest BCUT2D eigenvalue weighted by atomic mass is 35.5. The molecule has 1 N–H and O–H groups in total. The fourth-order valence-electron chi connectivity index (χ4n) is 3.30. The number of sulfonamides is 1. The third kappa shape index (κ3) is 6.93. The molecule has 0 aliphatic rings. The van der Waals surface area contributed by atoms with Gasteiger partial charge in [-0.05, 0) is 35.4 Å². The lowest BCUT2D eigenvalue weighted by atomic mass is 10.0. The predicted molar refractivity (Wildman–Crippen MR) is 129 cm³/mol. The largest absolute Gasteiger partial charge is 0.467 e. The molecule has 180 valence electrons. The van der Waals surface area contributed by atoms with Gasteiger partial charge in [0.1, 0.15) is 11.8 Å². The number of hydrogen-bond donors (Lipinski definition) is 1. The molecule has 1 heterocycles. The number of halogens is 1. The van der Waals surface area contributed by atoms with Crippen molar-refractivity contribution in [2.45, 2.75) is 19.1 Å². The Kier molecular flexibility index (Phi) is 8.49. The van der Waals surface area contributed by atoms with Gasteiger partial charge in [0.15, 0.2) is 0 Å². The van der Waals surface area contributed by atoms with Gasteiger partial charge in [0.2, 0.25) is 21.8 Å². The number of benzene rings is 2.